The molecule has 0 saturated heterocycles. The number of aliphatic imine (C=N–C) groups is 1. The number of ether oxygens (including phenoxy) is 1. The van der Waals surface area contributed by atoms with Gasteiger partial charge in [-0.3, -0.25) is 4.99 Å². The molecule has 0 aliphatic carbocycles. The molecule has 2 aromatic rings. The van der Waals surface area contributed by atoms with E-state index in [1.54, 1.807) is 4.90 Å². The van der Waals surface area contributed by atoms with Gasteiger partial charge in [0.15, 0.2) is 0 Å². The van der Waals surface area contributed by atoms with Gasteiger partial charge in [0.25, 0.3) is 0 Å². The highest BCUT2D eigenvalue weighted by Gasteiger charge is 2.12. The molecule has 0 heterocycles. The monoisotopic (exact) mass is 310 g/mol. The fourth-order valence-corrected chi connectivity index (χ4v) is 2.08. The summed E-state index contributed by atoms with van der Waals surface area (Å²) in [5, 5.41) is 0. The molecule has 0 unspecified atom stereocenters. The number of hydrogen-bond donors (Lipinski definition) is 0. The maximum absolute atomic E-state index is 12.1. The van der Waals surface area contributed by atoms with Crippen molar-refractivity contribution in [2.75, 3.05) is 19.6 Å². The fraction of sp³-hybridized carbons (Fsp3) is 0.263. The van der Waals surface area contributed by atoms with Gasteiger partial charge in [-0.05, 0) is 18.1 Å². The predicted octanol–water partition coefficient (Wildman–Crippen LogP) is 3.76. The third-order valence-electron chi connectivity index (χ3n) is 3.38. The van der Waals surface area contributed by atoms with Crippen LogP contribution in [0.3, 0.4) is 0 Å². The first kappa shape index (κ1) is 16.7. The Hall–Kier alpha value is -2.62. The summed E-state index contributed by atoms with van der Waals surface area (Å²) in [6, 6.07) is 19.6. The fourth-order valence-electron chi connectivity index (χ4n) is 2.08. The van der Waals surface area contributed by atoms with Crippen molar-refractivity contribution in [3.63, 3.8) is 0 Å². The Labute approximate surface area is 137 Å². The standard InChI is InChI=1S/C19H22N2O2/c1-2-21(14-13-20-15-17-9-5-3-6-10-17)19(22)23-16-18-11-7-4-8-12-18/h3-12,15H,2,13-14,16H2,1H3. The highest BCUT2D eigenvalue weighted by molar-refractivity contribution is 5.79. The van der Waals surface area contributed by atoms with Crippen LogP contribution in [0.2, 0.25) is 0 Å². The lowest BCUT2D eigenvalue weighted by Crippen LogP contribution is -2.33. The van der Waals surface area contributed by atoms with Crippen LogP contribution in [0, 0.1) is 0 Å². The van der Waals surface area contributed by atoms with Gasteiger partial charge in [0, 0.05) is 19.3 Å². The molecule has 23 heavy (non-hydrogen) atoms. The summed E-state index contributed by atoms with van der Waals surface area (Å²) in [5.74, 6) is 0. The molecular weight excluding hydrogens is 288 g/mol. The Balaban J connectivity index is 1.75. The first-order valence-corrected chi connectivity index (χ1v) is 7.80. The van der Waals surface area contributed by atoms with Crippen molar-refractivity contribution in [2.45, 2.75) is 13.5 Å². The number of amides is 1. The molecule has 0 bridgehead atoms. The summed E-state index contributed by atoms with van der Waals surface area (Å²) >= 11 is 0. The lowest BCUT2D eigenvalue weighted by molar-refractivity contribution is 0.0991. The van der Waals surface area contributed by atoms with Crippen LogP contribution in [0.1, 0.15) is 18.1 Å². The van der Waals surface area contributed by atoms with Crippen molar-refractivity contribution < 1.29 is 9.53 Å². The molecule has 1 amide bonds. The third kappa shape index (κ3) is 5.94. The summed E-state index contributed by atoms with van der Waals surface area (Å²) in [5.41, 5.74) is 2.04. The summed E-state index contributed by atoms with van der Waals surface area (Å²) in [6.45, 7) is 3.94. The second kappa shape index (κ2) is 9.41. The van der Waals surface area contributed by atoms with Gasteiger partial charge in [-0.1, -0.05) is 60.7 Å². The Morgan fingerprint density at radius 2 is 1.74 bits per heavy atom. The molecule has 0 fully saturated rings. The molecule has 2 aromatic carbocycles. The quantitative estimate of drug-likeness (QED) is 0.731. The zero-order valence-corrected chi connectivity index (χ0v) is 13.4. The predicted molar refractivity (Wildman–Crippen MR) is 92.8 cm³/mol. The molecule has 0 atom stereocenters. The summed E-state index contributed by atoms with van der Waals surface area (Å²) < 4.78 is 5.33. The van der Waals surface area contributed by atoms with E-state index in [4.69, 9.17) is 4.74 Å². The number of rotatable bonds is 7. The maximum Gasteiger partial charge on any atom is 0.410 e. The van der Waals surface area contributed by atoms with Gasteiger partial charge >= 0.3 is 6.09 Å². The van der Waals surface area contributed by atoms with Crippen LogP contribution in [-0.4, -0.2) is 36.8 Å². The molecule has 2 rings (SSSR count). The van der Waals surface area contributed by atoms with Crippen LogP contribution in [0.15, 0.2) is 65.7 Å². The van der Waals surface area contributed by atoms with Crippen LogP contribution in [0.25, 0.3) is 0 Å². The van der Waals surface area contributed by atoms with Crippen molar-refractivity contribution in [3.8, 4) is 0 Å². The summed E-state index contributed by atoms with van der Waals surface area (Å²) in [4.78, 5) is 18.1. The van der Waals surface area contributed by atoms with Gasteiger partial charge in [-0.15, -0.1) is 0 Å². The smallest absolute Gasteiger partial charge is 0.410 e. The molecule has 0 radical (unpaired) electrons. The lowest BCUT2D eigenvalue weighted by Gasteiger charge is -2.19. The number of likely N-dealkylation sites (N-methyl/N-ethyl adjacent to an activating group) is 1. The zero-order valence-electron chi connectivity index (χ0n) is 13.4. The minimum Gasteiger partial charge on any atom is -0.445 e. The Bertz CT molecular complexity index is 612. The molecule has 120 valence electrons. The maximum atomic E-state index is 12.1. The minimum absolute atomic E-state index is 0.295. The number of benzene rings is 2. The molecule has 4 nitrogen and oxygen atoms in total. The normalized spacial score (nSPS) is 10.7. The second-order valence-electron chi connectivity index (χ2n) is 5.07. The zero-order chi connectivity index (χ0) is 16.3. The van der Waals surface area contributed by atoms with Crippen LogP contribution in [-0.2, 0) is 11.3 Å². The number of nitrogens with zero attached hydrogens (tertiary/aromatic N) is 2. The van der Waals surface area contributed by atoms with Gasteiger partial charge in [0.05, 0.1) is 6.54 Å². The van der Waals surface area contributed by atoms with E-state index in [1.165, 1.54) is 0 Å². The molecule has 0 aliphatic rings. The molecule has 4 heteroatoms. The van der Waals surface area contributed by atoms with E-state index in [1.807, 2.05) is 73.8 Å². The SMILES string of the molecule is CCN(CCN=Cc1ccccc1)C(=O)OCc1ccccc1. The Kier molecular flexibility index (Phi) is 6.85. The van der Waals surface area contributed by atoms with E-state index < -0.39 is 0 Å². The second-order valence-corrected chi connectivity index (χ2v) is 5.07. The van der Waals surface area contributed by atoms with E-state index in [0.29, 0.717) is 26.2 Å². The molecule has 0 aromatic heterocycles. The largest absolute Gasteiger partial charge is 0.445 e. The minimum atomic E-state index is -0.300. The van der Waals surface area contributed by atoms with Crippen molar-refractivity contribution in [3.05, 3.63) is 71.8 Å². The van der Waals surface area contributed by atoms with Crippen molar-refractivity contribution in [2.24, 2.45) is 4.99 Å². The van der Waals surface area contributed by atoms with E-state index in [2.05, 4.69) is 4.99 Å². The Morgan fingerprint density at radius 3 is 2.39 bits per heavy atom. The van der Waals surface area contributed by atoms with E-state index >= 15 is 0 Å². The van der Waals surface area contributed by atoms with E-state index in [9.17, 15) is 4.79 Å². The topological polar surface area (TPSA) is 41.9 Å². The lowest BCUT2D eigenvalue weighted by atomic mass is 10.2. The van der Waals surface area contributed by atoms with E-state index in [0.717, 1.165) is 11.1 Å². The molecule has 0 aliphatic heterocycles. The molecule has 0 saturated carbocycles. The highest BCUT2D eigenvalue weighted by Crippen LogP contribution is 2.03. The van der Waals surface area contributed by atoms with Crippen molar-refractivity contribution in [1.82, 2.24) is 4.90 Å². The number of carbonyl (C=O) groups excluding carboxylic acids is 1. The number of hydrogen-bond acceptors (Lipinski definition) is 3. The van der Waals surface area contributed by atoms with Gasteiger partial charge < -0.3 is 9.64 Å². The van der Waals surface area contributed by atoms with Crippen LogP contribution in [0.4, 0.5) is 4.79 Å². The number of carbonyl (C=O) groups is 1. The van der Waals surface area contributed by atoms with Gasteiger partial charge in [0.1, 0.15) is 6.61 Å². The average Bonchev–Trinajstić information content (AvgIpc) is 2.61. The van der Waals surface area contributed by atoms with Gasteiger partial charge in [-0.25, -0.2) is 4.79 Å². The van der Waals surface area contributed by atoms with Crippen LogP contribution in [0.5, 0.6) is 0 Å². The Morgan fingerprint density at radius 1 is 1.09 bits per heavy atom. The van der Waals surface area contributed by atoms with Gasteiger partial charge in [-0.2, -0.15) is 0 Å². The third-order valence-corrected chi connectivity index (χ3v) is 3.38. The first-order chi connectivity index (χ1) is 11.3. The van der Waals surface area contributed by atoms with Crippen molar-refractivity contribution in [1.29, 1.82) is 0 Å². The van der Waals surface area contributed by atoms with Crippen LogP contribution >= 0.6 is 0 Å². The summed E-state index contributed by atoms with van der Waals surface area (Å²) in [6.07, 6.45) is 1.52. The average molecular weight is 310 g/mol. The first-order valence-electron chi connectivity index (χ1n) is 7.80. The van der Waals surface area contributed by atoms with Crippen LogP contribution < -0.4 is 0 Å². The van der Waals surface area contributed by atoms with Crippen molar-refractivity contribution >= 4 is 12.3 Å². The highest BCUT2D eigenvalue weighted by atomic mass is 16.6. The summed E-state index contributed by atoms with van der Waals surface area (Å²) in [7, 11) is 0. The van der Waals surface area contributed by atoms with Gasteiger partial charge in [0.2, 0.25) is 0 Å². The van der Waals surface area contributed by atoms with E-state index in [-0.39, 0.29) is 6.09 Å². The molecule has 0 spiro atoms. The molecule has 0 N–H and O–H groups in total. The molecular formula is C19H22N2O2.